The first-order chi connectivity index (χ1) is 16.5. The second-order valence-corrected chi connectivity index (χ2v) is 9.07. The molecule has 8 heteroatoms. The Bertz CT molecular complexity index is 1060. The second kappa shape index (κ2) is 9.46. The molecule has 1 aliphatic carbocycles. The van der Waals surface area contributed by atoms with Crippen LogP contribution in [-0.4, -0.2) is 66.4 Å². The molecule has 0 unspecified atom stereocenters. The first-order valence-corrected chi connectivity index (χ1v) is 11.8. The molecule has 0 aromatic heterocycles. The lowest BCUT2D eigenvalue weighted by molar-refractivity contribution is -0.153. The minimum atomic E-state index is -0.989. The SMILES string of the molecule is O=C(NC[C@@H]1CCO[C@@H]1C(=O)N1CCC[C@H]1C(=O)O)OCC1c2ccccc2-c2ccccc21. The van der Waals surface area contributed by atoms with E-state index in [2.05, 4.69) is 29.6 Å². The summed E-state index contributed by atoms with van der Waals surface area (Å²) in [6.07, 6.45) is 0.457. The molecule has 3 atom stereocenters. The summed E-state index contributed by atoms with van der Waals surface area (Å²) in [6, 6.07) is 15.5. The van der Waals surface area contributed by atoms with Crippen LogP contribution in [0.4, 0.5) is 4.79 Å². The lowest BCUT2D eigenvalue weighted by Crippen LogP contribution is -2.48. The third-order valence-corrected chi connectivity index (χ3v) is 7.13. The smallest absolute Gasteiger partial charge is 0.407 e. The maximum Gasteiger partial charge on any atom is 0.407 e. The molecule has 34 heavy (non-hydrogen) atoms. The summed E-state index contributed by atoms with van der Waals surface area (Å²) in [6.45, 7) is 1.28. The molecule has 2 fully saturated rings. The van der Waals surface area contributed by atoms with E-state index in [-0.39, 0.29) is 30.9 Å². The molecular weight excluding hydrogens is 436 g/mol. The number of amides is 2. The monoisotopic (exact) mass is 464 g/mol. The fourth-order valence-electron chi connectivity index (χ4n) is 5.43. The highest BCUT2D eigenvalue weighted by Crippen LogP contribution is 2.44. The molecule has 8 nitrogen and oxygen atoms in total. The van der Waals surface area contributed by atoms with E-state index < -0.39 is 24.2 Å². The van der Waals surface area contributed by atoms with Gasteiger partial charge in [0.2, 0.25) is 0 Å². The van der Waals surface area contributed by atoms with Crippen molar-refractivity contribution in [2.24, 2.45) is 5.92 Å². The van der Waals surface area contributed by atoms with E-state index >= 15 is 0 Å². The minimum Gasteiger partial charge on any atom is -0.480 e. The van der Waals surface area contributed by atoms with Crippen molar-refractivity contribution in [3.8, 4) is 11.1 Å². The topological polar surface area (TPSA) is 105 Å². The van der Waals surface area contributed by atoms with Crippen molar-refractivity contribution in [3.63, 3.8) is 0 Å². The number of rotatable bonds is 6. The number of carboxylic acid groups (broad SMARTS) is 1. The van der Waals surface area contributed by atoms with Crippen LogP contribution in [0, 0.1) is 5.92 Å². The van der Waals surface area contributed by atoms with Crippen LogP contribution >= 0.6 is 0 Å². The largest absolute Gasteiger partial charge is 0.480 e. The number of nitrogens with zero attached hydrogens (tertiary/aromatic N) is 1. The number of fused-ring (bicyclic) bond motifs is 3. The number of likely N-dealkylation sites (tertiary alicyclic amines) is 1. The van der Waals surface area contributed by atoms with Gasteiger partial charge in [0.15, 0.2) is 0 Å². The number of hydrogen-bond acceptors (Lipinski definition) is 5. The fourth-order valence-corrected chi connectivity index (χ4v) is 5.43. The van der Waals surface area contributed by atoms with Gasteiger partial charge in [-0.1, -0.05) is 48.5 Å². The number of nitrogens with one attached hydrogen (secondary N) is 1. The van der Waals surface area contributed by atoms with Crippen LogP contribution in [0.3, 0.4) is 0 Å². The van der Waals surface area contributed by atoms with Gasteiger partial charge in [-0.05, 0) is 41.5 Å². The lowest BCUT2D eigenvalue weighted by atomic mass is 9.98. The maximum atomic E-state index is 12.9. The van der Waals surface area contributed by atoms with Crippen LogP contribution in [0.2, 0.25) is 0 Å². The van der Waals surface area contributed by atoms with Gasteiger partial charge in [-0.15, -0.1) is 0 Å². The number of hydrogen-bond donors (Lipinski definition) is 2. The standard InChI is InChI=1S/C26H28N2O6/c29-24(28-12-5-10-22(28)25(30)31)23-16(11-13-33-23)14-27-26(32)34-15-21-19-8-3-1-6-17(19)18-7-2-4-9-20(18)21/h1-4,6-9,16,21-23H,5,10-15H2,(H,27,32)(H,30,31)/t16-,22-,23-/m0/s1. The van der Waals surface area contributed by atoms with Crippen LogP contribution in [0.25, 0.3) is 11.1 Å². The van der Waals surface area contributed by atoms with E-state index in [9.17, 15) is 19.5 Å². The molecule has 2 N–H and O–H groups in total. The predicted molar refractivity (Wildman–Crippen MR) is 123 cm³/mol. The molecular formula is C26H28N2O6. The number of carbonyl (C=O) groups excluding carboxylic acids is 2. The van der Waals surface area contributed by atoms with Crippen LogP contribution in [-0.2, 0) is 19.1 Å². The first-order valence-electron chi connectivity index (χ1n) is 11.8. The third kappa shape index (κ3) is 4.14. The predicted octanol–water partition coefficient (Wildman–Crippen LogP) is 3.01. The van der Waals surface area contributed by atoms with Gasteiger partial charge >= 0.3 is 12.1 Å². The Morgan fingerprint density at radius 3 is 2.38 bits per heavy atom. The fraction of sp³-hybridized carbons (Fsp3) is 0.423. The quantitative estimate of drug-likeness (QED) is 0.681. The van der Waals surface area contributed by atoms with Crippen molar-refractivity contribution in [1.82, 2.24) is 10.2 Å². The summed E-state index contributed by atoms with van der Waals surface area (Å²) in [4.78, 5) is 38.3. The first kappa shape index (κ1) is 22.4. The minimum absolute atomic E-state index is 0.0228. The summed E-state index contributed by atoms with van der Waals surface area (Å²) in [5, 5.41) is 12.2. The van der Waals surface area contributed by atoms with Crippen LogP contribution in [0.15, 0.2) is 48.5 Å². The number of alkyl carbamates (subject to hydrolysis) is 1. The molecule has 2 amide bonds. The zero-order chi connectivity index (χ0) is 23.7. The highest BCUT2D eigenvalue weighted by atomic mass is 16.5. The highest BCUT2D eigenvalue weighted by Gasteiger charge is 2.42. The van der Waals surface area contributed by atoms with Gasteiger partial charge < -0.3 is 24.8 Å². The Labute approximate surface area is 197 Å². The van der Waals surface area contributed by atoms with Gasteiger partial charge in [0.1, 0.15) is 18.8 Å². The van der Waals surface area contributed by atoms with Gasteiger partial charge in [-0.2, -0.15) is 0 Å². The Balaban J connectivity index is 1.17. The zero-order valence-electron chi connectivity index (χ0n) is 18.8. The van der Waals surface area contributed by atoms with Gasteiger partial charge in [0.05, 0.1) is 0 Å². The van der Waals surface area contributed by atoms with Gasteiger partial charge in [-0.3, -0.25) is 4.79 Å². The molecule has 0 spiro atoms. The lowest BCUT2D eigenvalue weighted by Gasteiger charge is -2.27. The third-order valence-electron chi connectivity index (χ3n) is 7.13. The molecule has 2 saturated heterocycles. The van der Waals surface area contributed by atoms with Crippen molar-refractivity contribution in [2.75, 3.05) is 26.3 Å². The molecule has 2 heterocycles. The maximum absolute atomic E-state index is 12.9. The Hall–Kier alpha value is -3.39. The number of ether oxygens (including phenoxy) is 2. The molecule has 178 valence electrons. The second-order valence-electron chi connectivity index (χ2n) is 9.07. The molecule has 0 bridgehead atoms. The van der Waals surface area contributed by atoms with E-state index in [1.54, 1.807) is 0 Å². The molecule has 2 aliphatic heterocycles. The zero-order valence-corrected chi connectivity index (χ0v) is 18.8. The number of carbonyl (C=O) groups is 3. The van der Waals surface area contributed by atoms with E-state index in [1.807, 2.05) is 24.3 Å². The van der Waals surface area contributed by atoms with E-state index in [1.165, 1.54) is 4.90 Å². The van der Waals surface area contributed by atoms with Gasteiger partial charge in [-0.25, -0.2) is 9.59 Å². The van der Waals surface area contributed by atoms with Crippen LogP contribution in [0.5, 0.6) is 0 Å². The normalized spacial score (nSPS) is 23.4. The molecule has 0 radical (unpaired) electrons. The Kier molecular flexibility index (Phi) is 6.24. The molecule has 0 saturated carbocycles. The average molecular weight is 465 g/mol. The van der Waals surface area contributed by atoms with Crippen molar-refractivity contribution in [3.05, 3.63) is 59.7 Å². The van der Waals surface area contributed by atoms with Crippen LogP contribution < -0.4 is 5.32 Å². The number of benzene rings is 2. The molecule has 5 rings (SSSR count). The van der Waals surface area contributed by atoms with E-state index in [4.69, 9.17) is 9.47 Å². The highest BCUT2D eigenvalue weighted by molar-refractivity contribution is 5.87. The summed E-state index contributed by atoms with van der Waals surface area (Å²) < 4.78 is 11.2. The number of aliphatic carboxylic acids is 1. The average Bonchev–Trinajstić information content (AvgIpc) is 3.59. The molecule has 3 aliphatic rings. The number of carboxylic acids is 1. The van der Waals surface area contributed by atoms with Gasteiger partial charge in [0, 0.05) is 31.5 Å². The van der Waals surface area contributed by atoms with E-state index in [0.717, 1.165) is 22.3 Å². The van der Waals surface area contributed by atoms with Gasteiger partial charge in [0.25, 0.3) is 5.91 Å². The van der Waals surface area contributed by atoms with E-state index in [0.29, 0.717) is 32.4 Å². The summed E-state index contributed by atoms with van der Waals surface area (Å²) in [5.41, 5.74) is 4.62. The molecule has 2 aromatic carbocycles. The molecule has 2 aromatic rings. The van der Waals surface area contributed by atoms with Crippen LogP contribution in [0.1, 0.15) is 36.3 Å². The summed E-state index contributed by atoms with van der Waals surface area (Å²) in [5.74, 6) is -1.53. The summed E-state index contributed by atoms with van der Waals surface area (Å²) >= 11 is 0. The van der Waals surface area contributed by atoms with Crippen molar-refractivity contribution in [2.45, 2.75) is 37.3 Å². The van der Waals surface area contributed by atoms with Crippen molar-refractivity contribution < 1.29 is 29.0 Å². The van der Waals surface area contributed by atoms with Crippen molar-refractivity contribution in [1.29, 1.82) is 0 Å². The van der Waals surface area contributed by atoms with Crippen molar-refractivity contribution >= 4 is 18.0 Å². The Morgan fingerprint density at radius 1 is 1.03 bits per heavy atom. The summed E-state index contributed by atoms with van der Waals surface area (Å²) in [7, 11) is 0. The Morgan fingerprint density at radius 2 is 1.71 bits per heavy atom.